The maximum Gasteiger partial charge on any atom is 0.216 e. The smallest absolute Gasteiger partial charge is 0.216 e. The van der Waals surface area contributed by atoms with Gasteiger partial charge in [-0.1, -0.05) is 82.0 Å². The van der Waals surface area contributed by atoms with E-state index in [0.29, 0.717) is 17.5 Å². The van der Waals surface area contributed by atoms with E-state index in [0.717, 1.165) is 62.1 Å². The van der Waals surface area contributed by atoms with Crippen LogP contribution in [0.15, 0.2) is 89.5 Å². The second-order valence-corrected chi connectivity index (χ2v) is 20.8. The van der Waals surface area contributed by atoms with Crippen molar-refractivity contribution in [2.24, 2.45) is 5.92 Å². The molecule has 5 nitrogen and oxygen atoms in total. The third kappa shape index (κ3) is 7.71. The second kappa shape index (κ2) is 14.8. The Hall–Kier alpha value is -3.90. The molecule has 0 fully saturated rings. The Bertz CT molecular complexity index is 2240. The van der Waals surface area contributed by atoms with Crippen LogP contribution in [0.5, 0.6) is 0 Å². The van der Waals surface area contributed by atoms with Gasteiger partial charge in [-0.15, -0.1) is 54.1 Å². The molecule has 7 aromatic rings. The molecular weight excluding hydrogens is 809 g/mol. The minimum absolute atomic E-state index is 0. The van der Waals surface area contributed by atoms with Crippen molar-refractivity contribution in [3.05, 3.63) is 108 Å². The van der Waals surface area contributed by atoms with E-state index in [1.165, 1.54) is 10.8 Å². The molecule has 0 aliphatic carbocycles. The van der Waals surface area contributed by atoms with Crippen LogP contribution in [0.1, 0.15) is 65.6 Å². The van der Waals surface area contributed by atoms with Gasteiger partial charge < -0.3 is 14.0 Å². The predicted octanol–water partition coefficient (Wildman–Crippen LogP) is 11.0. The van der Waals surface area contributed by atoms with Crippen molar-refractivity contribution in [1.82, 2.24) is 19.5 Å². The molecule has 1 radical (unpaired) electrons. The van der Waals surface area contributed by atoms with Crippen LogP contribution in [-0.2, 0) is 32.1 Å². The van der Waals surface area contributed by atoms with Crippen LogP contribution >= 0.6 is 0 Å². The molecule has 0 atom stereocenters. The van der Waals surface area contributed by atoms with Crippen LogP contribution in [0.4, 0.5) is 0 Å². The Kier molecular flexibility index (Phi) is 11.0. The van der Waals surface area contributed by atoms with Gasteiger partial charge >= 0.3 is 0 Å². The Labute approximate surface area is 311 Å². The summed E-state index contributed by atoms with van der Waals surface area (Å²) in [6.45, 7) is 22.6. The van der Waals surface area contributed by atoms with Crippen LogP contribution in [0, 0.1) is 18.1 Å². The zero-order valence-electron chi connectivity index (χ0n) is 31.0. The van der Waals surface area contributed by atoms with Gasteiger partial charge in [0.1, 0.15) is 0 Å². The Balaban J connectivity index is 0.000000204. The van der Waals surface area contributed by atoms with E-state index in [1.807, 2.05) is 36.4 Å². The molecule has 50 heavy (non-hydrogen) atoms. The first-order valence-corrected chi connectivity index (χ1v) is 20.9. The normalized spacial score (nSPS) is 12.1. The number of aromatic nitrogens is 4. The number of pyridine rings is 2. The molecule has 0 saturated carbocycles. The topological polar surface area (TPSA) is 56.7 Å². The summed E-state index contributed by atoms with van der Waals surface area (Å²) in [4.78, 5) is 14.4. The van der Waals surface area contributed by atoms with Crippen LogP contribution in [0.2, 0.25) is 19.6 Å². The first kappa shape index (κ1) is 37.4. The number of furan rings is 1. The molecular formula is C43H48IrN4OSi-2. The number of rotatable bonds is 6. The molecule has 4 heterocycles. The number of fused-ring (bicyclic) bond motifs is 4. The molecule has 7 heteroatoms. The first-order valence-electron chi connectivity index (χ1n) is 17.4. The molecule has 0 amide bonds. The molecule has 4 aromatic heterocycles. The molecule has 0 spiro atoms. The van der Waals surface area contributed by atoms with Crippen molar-refractivity contribution < 1.29 is 24.5 Å². The summed E-state index contributed by atoms with van der Waals surface area (Å²) in [6, 6.07) is 33.5. The average molecular weight is 857 g/mol. The first-order chi connectivity index (χ1) is 23.2. The maximum atomic E-state index is 6.30. The van der Waals surface area contributed by atoms with Crippen molar-refractivity contribution in [3.63, 3.8) is 0 Å². The summed E-state index contributed by atoms with van der Waals surface area (Å²) in [5.74, 6) is 1.89. The van der Waals surface area contributed by atoms with Gasteiger partial charge in [-0.3, -0.25) is 4.98 Å². The van der Waals surface area contributed by atoms with Gasteiger partial charge in [-0.25, -0.2) is 4.98 Å². The van der Waals surface area contributed by atoms with Crippen LogP contribution in [0.25, 0.3) is 55.7 Å². The predicted molar refractivity (Wildman–Crippen MR) is 208 cm³/mol. The molecule has 3 aromatic carbocycles. The summed E-state index contributed by atoms with van der Waals surface area (Å²) in [5, 5.41) is 3.56. The van der Waals surface area contributed by atoms with Crippen molar-refractivity contribution in [3.8, 4) is 22.6 Å². The largest absolute Gasteiger partial charge is 0.486 e. The number of para-hydroxylation sites is 2. The van der Waals surface area contributed by atoms with Crippen LogP contribution < -0.4 is 5.19 Å². The minimum atomic E-state index is -1.34. The van der Waals surface area contributed by atoms with Gasteiger partial charge in [-0.2, -0.15) is 0 Å². The zero-order valence-corrected chi connectivity index (χ0v) is 34.4. The van der Waals surface area contributed by atoms with E-state index >= 15 is 0 Å². The van der Waals surface area contributed by atoms with E-state index in [9.17, 15) is 0 Å². The summed E-state index contributed by atoms with van der Waals surface area (Å²) >= 11 is 0. The Morgan fingerprint density at radius 1 is 0.840 bits per heavy atom. The SMILES string of the molecule is CC(C)Cc1cc(-c2[c-]cccc2)ncc1[Si](C)(C)C.CC(C)c1ccc2c(n1)oc1c(-c3nc4ccccc4n3C(C)(C)C)[c-]ccc12.[Ir]. The fourth-order valence-corrected chi connectivity index (χ4v) is 8.07. The fourth-order valence-electron chi connectivity index (χ4n) is 6.48. The summed E-state index contributed by atoms with van der Waals surface area (Å²) in [5.41, 5.74) is 8.90. The Morgan fingerprint density at radius 3 is 2.24 bits per heavy atom. The van der Waals surface area contributed by atoms with E-state index in [1.54, 1.807) is 0 Å². The molecule has 7 rings (SSSR count). The van der Waals surface area contributed by atoms with Crippen molar-refractivity contribution >= 4 is 46.4 Å². The molecule has 0 aliphatic heterocycles. The molecule has 261 valence electrons. The van der Waals surface area contributed by atoms with Gasteiger partial charge in [-0.05, 0) is 74.2 Å². The third-order valence-corrected chi connectivity index (χ3v) is 10.8. The number of imidazole rings is 1. The molecule has 0 saturated heterocycles. The second-order valence-electron chi connectivity index (χ2n) is 15.7. The standard InChI is InChI=1S/C25H24N3O.C18H24NSi.Ir/c1-15(2)19-14-13-17-16-9-8-10-18(22(16)29-24(17)27-19)23-26-20-11-6-7-12-21(20)28(23)25(3,4)5;1-14(2)11-16-12-17(15-9-7-6-8-10-15)19-13-18(16)20(3,4)5;/h6-9,11-15H,1-5H3;6-9,12-14H,11H2,1-5H3;/q2*-1;. The minimum Gasteiger partial charge on any atom is -0.486 e. The van der Waals surface area contributed by atoms with E-state index in [4.69, 9.17) is 14.4 Å². The van der Waals surface area contributed by atoms with Crippen LogP contribution in [-0.4, -0.2) is 27.6 Å². The summed E-state index contributed by atoms with van der Waals surface area (Å²) in [7, 11) is -1.34. The number of nitrogens with zero attached hydrogens (tertiary/aromatic N) is 4. The summed E-state index contributed by atoms with van der Waals surface area (Å²) < 4.78 is 8.57. The zero-order chi connectivity index (χ0) is 35.1. The van der Waals surface area contributed by atoms with Crippen molar-refractivity contribution in [1.29, 1.82) is 0 Å². The van der Waals surface area contributed by atoms with Gasteiger partial charge in [0.05, 0.1) is 30.5 Å². The molecule has 0 unspecified atom stereocenters. The summed E-state index contributed by atoms with van der Waals surface area (Å²) in [6.07, 6.45) is 3.24. The fraction of sp³-hybridized carbons (Fsp3) is 0.326. The van der Waals surface area contributed by atoms with Gasteiger partial charge in [0.25, 0.3) is 0 Å². The number of hydrogen-bond donors (Lipinski definition) is 0. The third-order valence-electron chi connectivity index (χ3n) is 8.78. The van der Waals surface area contributed by atoms with E-state index in [2.05, 4.69) is 138 Å². The molecule has 0 aliphatic rings. The van der Waals surface area contributed by atoms with Crippen LogP contribution in [0.3, 0.4) is 0 Å². The number of benzene rings is 3. The Morgan fingerprint density at radius 2 is 1.58 bits per heavy atom. The van der Waals surface area contributed by atoms with Gasteiger partial charge in [0.15, 0.2) is 0 Å². The van der Waals surface area contributed by atoms with Gasteiger partial charge in [0.2, 0.25) is 5.71 Å². The average Bonchev–Trinajstić information content (AvgIpc) is 3.63. The van der Waals surface area contributed by atoms with Crippen molar-refractivity contribution in [2.45, 2.75) is 86.0 Å². The quantitative estimate of drug-likeness (QED) is 0.123. The molecule has 0 bridgehead atoms. The van der Waals surface area contributed by atoms with Crippen molar-refractivity contribution in [2.75, 3.05) is 0 Å². The van der Waals surface area contributed by atoms with Gasteiger partial charge in [0, 0.05) is 42.9 Å². The molecule has 0 N–H and O–H groups in total. The van der Waals surface area contributed by atoms with E-state index < -0.39 is 8.07 Å². The maximum absolute atomic E-state index is 6.30. The van der Waals surface area contributed by atoms with E-state index in [-0.39, 0.29) is 25.6 Å². The monoisotopic (exact) mass is 857 g/mol. The number of hydrogen-bond acceptors (Lipinski definition) is 4.